The summed E-state index contributed by atoms with van der Waals surface area (Å²) in [5.74, 6) is -0.423. The first kappa shape index (κ1) is 16.9. The molecule has 134 valence electrons. The van der Waals surface area contributed by atoms with Gasteiger partial charge in [0.2, 0.25) is 5.89 Å². The van der Waals surface area contributed by atoms with Crippen LogP contribution in [0.3, 0.4) is 0 Å². The lowest BCUT2D eigenvalue weighted by Gasteiger charge is -2.10. The third-order valence-corrected chi connectivity index (χ3v) is 4.15. The van der Waals surface area contributed by atoms with Crippen molar-refractivity contribution in [2.24, 2.45) is 0 Å². The van der Waals surface area contributed by atoms with Crippen LogP contribution in [0.2, 0.25) is 0 Å². The van der Waals surface area contributed by atoms with Gasteiger partial charge in [-0.15, -0.1) is 10.2 Å². The zero-order valence-electron chi connectivity index (χ0n) is 14.4. The van der Waals surface area contributed by atoms with Gasteiger partial charge < -0.3 is 9.15 Å². The Bertz CT molecular complexity index is 1110. The van der Waals surface area contributed by atoms with Crippen LogP contribution < -0.4 is 0 Å². The monoisotopic (exact) mass is 362 g/mol. The fraction of sp³-hybridized carbons (Fsp3) is 0.0952. The number of hydrogen-bond acceptors (Lipinski definition) is 5. The van der Waals surface area contributed by atoms with Gasteiger partial charge in [0, 0.05) is 5.56 Å². The van der Waals surface area contributed by atoms with Crippen molar-refractivity contribution in [3.05, 3.63) is 84.0 Å². The highest BCUT2D eigenvalue weighted by molar-refractivity contribution is 5.95. The van der Waals surface area contributed by atoms with E-state index in [2.05, 4.69) is 10.2 Å². The first-order valence-corrected chi connectivity index (χ1v) is 8.39. The molecule has 27 heavy (non-hydrogen) atoms. The number of esters is 1. The molecule has 4 rings (SSSR count). The Morgan fingerprint density at radius 3 is 2.52 bits per heavy atom. The van der Waals surface area contributed by atoms with Crippen LogP contribution in [0.4, 0.5) is 4.39 Å². The van der Waals surface area contributed by atoms with Crippen LogP contribution >= 0.6 is 0 Å². The maximum absolute atomic E-state index is 13.0. The van der Waals surface area contributed by atoms with Gasteiger partial charge in [-0.05, 0) is 54.1 Å². The SMILES string of the molecule is C[C@@H](OC(=O)c1ccc2ccccc2c1)c1nnc(-c2ccc(F)cc2)o1. The van der Waals surface area contributed by atoms with E-state index in [1.54, 1.807) is 31.2 Å². The molecule has 1 aromatic heterocycles. The summed E-state index contributed by atoms with van der Waals surface area (Å²) in [6.45, 7) is 1.65. The van der Waals surface area contributed by atoms with E-state index >= 15 is 0 Å². The molecule has 0 aliphatic rings. The van der Waals surface area contributed by atoms with Crippen molar-refractivity contribution in [2.75, 3.05) is 0 Å². The van der Waals surface area contributed by atoms with Crippen molar-refractivity contribution < 1.29 is 18.3 Å². The third kappa shape index (κ3) is 3.55. The average Bonchev–Trinajstić information content (AvgIpc) is 3.18. The van der Waals surface area contributed by atoms with Crippen molar-refractivity contribution in [3.8, 4) is 11.5 Å². The Kier molecular flexibility index (Phi) is 4.38. The minimum Gasteiger partial charge on any atom is -0.449 e. The average molecular weight is 362 g/mol. The maximum atomic E-state index is 13.0. The normalized spacial score (nSPS) is 12.1. The van der Waals surface area contributed by atoms with Crippen LogP contribution in [0.25, 0.3) is 22.2 Å². The minimum atomic E-state index is -0.717. The van der Waals surface area contributed by atoms with Gasteiger partial charge >= 0.3 is 5.97 Å². The van der Waals surface area contributed by atoms with Gasteiger partial charge in [-0.25, -0.2) is 9.18 Å². The number of fused-ring (bicyclic) bond motifs is 1. The Balaban J connectivity index is 1.50. The zero-order chi connectivity index (χ0) is 18.8. The second-order valence-electron chi connectivity index (χ2n) is 6.06. The highest BCUT2D eigenvalue weighted by Crippen LogP contribution is 2.24. The van der Waals surface area contributed by atoms with Gasteiger partial charge in [-0.3, -0.25) is 0 Å². The largest absolute Gasteiger partial charge is 0.449 e. The standard InChI is InChI=1S/C21H15FN2O3/c1-13(19-23-24-20(27-19)15-8-10-18(22)11-9-15)26-21(25)17-7-6-14-4-2-3-5-16(14)12-17/h2-13H,1H3/t13-/m1/s1. The van der Waals surface area contributed by atoms with Crippen LogP contribution in [0.15, 0.2) is 71.1 Å². The summed E-state index contributed by atoms with van der Waals surface area (Å²) < 4.78 is 24.0. The number of aromatic nitrogens is 2. The van der Waals surface area contributed by atoms with Gasteiger partial charge in [0.15, 0.2) is 6.10 Å². The molecule has 0 saturated carbocycles. The number of nitrogens with zero attached hydrogens (tertiary/aromatic N) is 2. The lowest BCUT2D eigenvalue weighted by Crippen LogP contribution is -2.09. The maximum Gasteiger partial charge on any atom is 0.338 e. The highest BCUT2D eigenvalue weighted by Gasteiger charge is 2.20. The van der Waals surface area contributed by atoms with Gasteiger partial charge in [-0.1, -0.05) is 30.3 Å². The Morgan fingerprint density at radius 1 is 1.00 bits per heavy atom. The van der Waals surface area contributed by atoms with Gasteiger partial charge in [-0.2, -0.15) is 0 Å². The van der Waals surface area contributed by atoms with Crippen LogP contribution in [0.1, 0.15) is 29.3 Å². The van der Waals surface area contributed by atoms with E-state index in [1.165, 1.54) is 12.1 Å². The van der Waals surface area contributed by atoms with E-state index in [0.717, 1.165) is 10.8 Å². The van der Waals surface area contributed by atoms with Crippen molar-refractivity contribution in [1.29, 1.82) is 0 Å². The molecule has 0 fully saturated rings. The van der Waals surface area contributed by atoms with Gasteiger partial charge in [0.25, 0.3) is 5.89 Å². The molecule has 0 spiro atoms. The minimum absolute atomic E-state index is 0.170. The molecule has 5 nitrogen and oxygen atoms in total. The lowest BCUT2D eigenvalue weighted by atomic mass is 10.1. The van der Waals surface area contributed by atoms with Crippen LogP contribution in [0, 0.1) is 5.82 Å². The summed E-state index contributed by atoms with van der Waals surface area (Å²) in [4.78, 5) is 12.4. The molecule has 0 saturated heterocycles. The van der Waals surface area contributed by atoms with Crippen molar-refractivity contribution in [1.82, 2.24) is 10.2 Å². The van der Waals surface area contributed by atoms with Crippen molar-refractivity contribution >= 4 is 16.7 Å². The van der Waals surface area contributed by atoms with E-state index in [0.29, 0.717) is 11.1 Å². The number of carbonyl (C=O) groups is 1. The predicted octanol–water partition coefficient (Wildman–Crippen LogP) is 4.95. The molecule has 1 atom stereocenters. The molecule has 4 aromatic rings. The number of rotatable bonds is 4. The summed E-state index contributed by atoms with van der Waals surface area (Å²) in [6, 6.07) is 18.8. The second-order valence-corrected chi connectivity index (χ2v) is 6.06. The second kappa shape index (κ2) is 6.99. The fourth-order valence-corrected chi connectivity index (χ4v) is 2.70. The molecular weight excluding hydrogens is 347 g/mol. The summed E-state index contributed by atoms with van der Waals surface area (Å²) in [6.07, 6.45) is -0.717. The van der Waals surface area contributed by atoms with Crippen LogP contribution in [-0.2, 0) is 4.74 Å². The number of ether oxygens (including phenoxy) is 1. The van der Waals surface area contributed by atoms with Crippen molar-refractivity contribution in [3.63, 3.8) is 0 Å². The third-order valence-electron chi connectivity index (χ3n) is 4.15. The molecule has 0 aliphatic heterocycles. The molecule has 0 unspecified atom stereocenters. The topological polar surface area (TPSA) is 65.2 Å². The predicted molar refractivity (Wildman–Crippen MR) is 97.5 cm³/mol. The molecule has 6 heteroatoms. The molecule has 0 bridgehead atoms. The van der Waals surface area contributed by atoms with Crippen LogP contribution in [-0.4, -0.2) is 16.2 Å². The van der Waals surface area contributed by atoms with E-state index < -0.39 is 12.1 Å². The molecule has 0 amide bonds. The summed E-state index contributed by atoms with van der Waals surface area (Å²) in [5, 5.41) is 9.85. The molecule has 0 N–H and O–H groups in total. The molecule has 0 aliphatic carbocycles. The van der Waals surface area contributed by atoms with E-state index in [-0.39, 0.29) is 17.6 Å². The molecule has 3 aromatic carbocycles. The summed E-state index contributed by atoms with van der Waals surface area (Å²) in [5.41, 5.74) is 1.03. The number of halogens is 1. The molecular formula is C21H15FN2O3. The first-order chi connectivity index (χ1) is 13.1. The number of hydrogen-bond donors (Lipinski definition) is 0. The quantitative estimate of drug-likeness (QED) is 0.481. The Hall–Kier alpha value is -3.54. The van der Waals surface area contributed by atoms with Crippen LogP contribution in [0.5, 0.6) is 0 Å². The van der Waals surface area contributed by atoms with Gasteiger partial charge in [0.05, 0.1) is 5.56 Å². The van der Waals surface area contributed by atoms with E-state index in [4.69, 9.17) is 9.15 Å². The zero-order valence-corrected chi connectivity index (χ0v) is 14.4. The lowest BCUT2D eigenvalue weighted by molar-refractivity contribution is 0.0280. The number of carbonyl (C=O) groups excluding carboxylic acids is 1. The van der Waals surface area contributed by atoms with Crippen molar-refractivity contribution in [2.45, 2.75) is 13.0 Å². The molecule has 1 heterocycles. The highest BCUT2D eigenvalue weighted by atomic mass is 19.1. The van der Waals surface area contributed by atoms with Gasteiger partial charge in [0.1, 0.15) is 5.82 Å². The summed E-state index contributed by atoms with van der Waals surface area (Å²) in [7, 11) is 0. The first-order valence-electron chi connectivity index (χ1n) is 8.39. The summed E-state index contributed by atoms with van der Waals surface area (Å²) >= 11 is 0. The molecule has 0 radical (unpaired) electrons. The fourth-order valence-electron chi connectivity index (χ4n) is 2.70. The smallest absolute Gasteiger partial charge is 0.338 e. The number of benzene rings is 3. The van der Waals surface area contributed by atoms with E-state index in [1.807, 2.05) is 30.3 Å². The van der Waals surface area contributed by atoms with E-state index in [9.17, 15) is 9.18 Å². The Morgan fingerprint density at radius 2 is 1.74 bits per heavy atom. The Labute approximate surface area is 154 Å².